The van der Waals surface area contributed by atoms with Crippen LogP contribution in [0.5, 0.6) is 5.75 Å². The number of hydrogen-bond donors (Lipinski definition) is 0. The van der Waals surface area contributed by atoms with E-state index < -0.39 is 0 Å². The summed E-state index contributed by atoms with van der Waals surface area (Å²) in [5.74, 6) is 0.612. The Balaban J connectivity index is 1.62. The molecule has 4 heteroatoms. The molecule has 0 aromatic heterocycles. The second-order valence-electron chi connectivity index (χ2n) is 5.75. The molecule has 1 amide bonds. The van der Waals surface area contributed by atoms with Crippen molar-refractivity contribution >= 4 is 12.0 Å². The van der Waals surface area contributed by atoms with Crippen LogP contribution >= 0.6 is 0 Å². The number of para-hydroxylation sites is 1. The molecule has 0 bridgehead atoms. The summed E-state index contributed by atoms with van der Waals surface area (Å²) in [6.45, 7) is 2.55. The van der Waals surface area contributed by atoms with E-state index >= 15 is 0 Å². The van der Waals surface area contributed by atoms with E-state index in [1.165, 1.54) is 0 Å². The second kappa shape index (κ2) is 7.79. The predicted octanol–water partition coefficient (Wildman–Crippen LogP) is 3.35. The van der Waals surface area contributed by atoms with Gasteiger partial charge in [-0.2, -0.15) is 0 Å². The van der Waals surface area contributed by atoms with Crippen molar-refractivity contribution in [3.8, 4) is 5.75 Å². The Hall–Kier alpha value is -2.59. The Morgan fingerprint density at radius 3 is 2.54 bits per heavy atom. The summed E-state index contributed by atoms with van der Waals surface area (Å²) in [6.07, 6.45) is 3.54. The molecule has 0 spiro atoms. The fourth-order valence-electron chi connectivity index (χ4n) is 2.63. The van der Waals surface area contributed by atoms with E-state index in [9.17, 15) is 4.79 Å². The summed E-state index contributed by atoms with van der Waals surface area (Å²) in [5.41, 5.74) is 1.08. The predicted molar refractivity (Wildman–Crippen MR) is 93.5 cm³/mol. The van der Waals surface area contributed by atoms with E-state index in [4.69, 9.17) is 9.47 Å². The zero-order valence-electron chi connectivity index (χ0n) is 13.7. The van der Waals surface area contributed by atoms with Crippen LogP contribution in [0.25, 0.3) is 6.08 Å². The maximum Gasteiger partial charge on any atom is 0.262 e. The zero-order chi connectivity index (χ0) is 16.8. The Morgan fingerprint density at radius 2 is 1.83 bits per heavy atom. The van der Waals surface area contributed by atoms with E-state index in [1.807, 2.05) is 79.7 Å². The molecule has 2 aromatic carbocycles. The number of benzene rings is 2. The normalized spacial score (nSPS) is 20.5. The number of nitrogens with zero attached hydrogens (tertiary/aromatic N) is 1. The summed E-state index contributed by atoms with van der Waals surface area (Å²) in [4.78, 5) is 14.2. The van der Waals surface area contributed by atoms with Crippen LogP contribution < -0.4 is 4.74 Å². The van der Waals surface area contributed by atoms with Crippen LogP contribution in [-0.2, 0) is 9.53 Å². The number of hydrogen-bond acceptors (Lipinski definition) is 3. The molecule has 124 valence electrons. The molecule has 2 unspecified atom stereocenters. The van der Waals surface area contributed by atoms with Crippen LogP contribution in [0.4, 0.5) is 0 Å². The van der Waals surface area contributed by atoms with Crippen LogP contribution in [0.15, 0.2) is 66.7 Å². The third kappa shape index (κ3) is 4.24. The lowest BCUT2D eigenvalue weighted by atomic mass is 10.2. The van der Waals surface area contributed by atoms with Crippen LogP contribution in [0, 0.1) is 0 Å². The van der Waals surface area contributed by atoms with Crippen molar-refractivity contribution in [1.82, 2.24) is 4.90 Å². The van der Waals surface area contributed by atoms with Gasteiger partial charge in [-0.1, -0.05) is 54.6 Å². The molecule has 4 nitrogen and oxygen atoms in total. The SMILES string of the molecule is CC1CN(C(=O)COc2ccccc2)C(/C=C/c2ccccc2)O1. The largest absolute Gasteiger partial charge is 0.484 e. The Labute approximate surface area is 142 Å². The third-order valence-electron chi connectivity index (χ3n) is 3.81. The van der Waals surface area contributed by atoms with Crippen molar-refractivity contribution in [3.05, 3.63) is 72.3 Å². The van der Waals surface area contributed by atoms with Gasteiger partial charge in [0.05, 0.1) is 6.10 Å². The number of rotatable bonds is 5. The number of carbonyl (C=O) groups is 1. The molecule has 24 heavy (non-hydrogen) atoms. The maximum atomic E-state index is 12.5. The second-order valence-corrected chi connectivity index (χ2v) is 5.75. The first-order chi connectivity index (χ1) is 11.7. The average molecular weight is 323 g/mol. The van der Waals surface area contributed by atoms with Crippen molar-refractivity contribution in [1.29, 1.82) is 0 Å². The number of ether oxygens (including phenoxy) is 2. The molecule has 3 rings (SSSR count). The van der Waals surface area contributed by atoms with Gasteiger partial charge in [0.1, 0.15) is 5.75 Å². The fraction of sp³-hybridized carbons (Fsp3) is 0.250. The van der Waals surface area contributed by atoms with Gasteiger partial charge in [0.25, 0.3) is 5.91 Å². The van der Waals surface area contributed by atoms with Gasteiger partial charge in [0, 0.05) is 6.54 Å². The average Bonchev–Trinajstić information content (AvgIpc) is 3.00. The van der Waals surface area contributed by atoms with Crippen molar-refractivity contribution in [2.75, 3.05) is 13.2 Å². The summed E-state index contributed by atoms with van der Waals surface area (Å²) in [6, 6.07) is 19.3. The van der Waals surface area contributed by atoms with Gasteiger partial charge in [-0.3, -0.25) is 4.79 Å². The summed E-state index contributed by atoms with van der Waals surface area (Å²) < 4.78 is 11.4. The van der Waals surface area contributed by atoms with Crippen molar-refractivity contribution in [2.45, 2.75) is 19.3 Å². The first kappa shape index (κ1) is 16.3. The lowest BCUT2D eigenvalue weighted by Crippen LogP contribution is -2.38. The van der Waals surface area contributed by atoms with E-state index in [-0.39, 0.29) is 24.8 Å². The molecular weight excluding hydrogens is 302 g/mol. The van der Waals surface area contributed by atoms with E-state index in [0.29, 0.717) is 12.3 Å². The fourth-order valence-corrected chi connectivity index (χ4v) is 2.63. The van der Waals surface area contributed by atoms with Gasteiger partial charge in [-0.25, -0.2) is 0 Å². The summed E-state index contributed by atoms with van der Waals surface area (Å²) in [5, 5.41) is 0. The highest BCUT2D eigenvalue weighted by molar-refractivity contribution is 5.78. The summed E-state index contributed by atoms with van der Waals surface area (Å²) in [7, 11) is 0. The molecule has 1 heterocycles. The third-order valence-corrected chi connectivity index (χ3v) is 3.81. The van der Waals surface area contributed by atoms with Gasteiger partial charge >= 0.3 is 0 Å². The van der Waals surface area contributed by atoms with Crippen LogP contribution in [0.3, 0.4) is 0 Å². The quantitative estimate of drug-likeness (QED) is 0.847. The van der Waals surface area contributed by atoms with Crippen LogP contribution in [0.1, 0.15) is 12.5 Å². The molecule has 1 aliphatic heterocycles. The molecule has 1 saturated heterocycles. The lowest BCUT2D eigenvalue weighted by molar-refractivity contribution is -0.136. The first-order valence-corrected chi connectivity index (χ1v) is 8.08. The maximum absolute atomic E-state index is 12.5. The van der Waals surface area contributed by atoms with E-state index in [1.54, 1.807) is 4.90 Å². The Morgan fingerprint density at radius 1 is 1.17 bits per heavy atom. The molecule has 1 fully saturated rings. The molecule has 0 aliphatic carbocycles. The minimum atomic E-state index is -0.355. The molecule has 1 aliphatic rings. The number of carbonyl (C=O) groups excluding carboxylic acids is 1. The molecule has 0 N–H and O–H groups in total. The highest BCUT2D eigenvalue weighted by Crippen LogP contribution is 2.19. The monoisotopic (exact) mass is 323 g/mol. The molecule has 2 atom stereocenters. The highest BCUT2D eigenvalue weighted by atomic mass is 16.5. The molecule has 0 saturated carbocycles. The summed E-state index contributed by atoms with van der Waals surface area (Å²) >= 11 is 0. The molecular formula is C20H21NO3. The topological polar surface area (TPSA) is 38.8 Å². The van der Waals surface area contributed by atoms with Gasteiger partial charge in [-0.05, 0) is 30.7 Å². The first-order valence-electron chi connectivity index (χ1n) is 8.08. The Bertz CT molecular complexity index is 685. The van der Waals surface area contributed by atoms with Gasteiger partial charge < -0.3 is 14.4 Å². The minimum Gasteiger partial charge on any atom is -0.484 e. The highest BCUT2D eigenvalue weighted by Gasteiger charge is 2.32. The van der Waals surface area contributed by atoms with Crippen LogP contribution in [0.2, 0.25) is 0 Å². The minimum absolute atomic E-state index is 0.00969. The standard InChI is InChI=1S/C20H21NO3/c1-16-14-21(19(22)15-23-18-10-6-3-7-11-18)20(24-16)13-12-17-8-4-2-5-9-17/h2-13,16,20H,14-15H2,1H3/b13-12+. The van der Waals surface area contributed by atoms with Crippen molar-refractivity contribution in [3.63, 3.8) is 0 Å². The van der Waals surface area contributed by atoms with Crippen molar-refractivity contribution < 1.29 is 14.3 Å². The van der Waals surface area contributed by atoms with Gasteiger partial charge in [-0.15, -0.1) is 0 Å². The zero-order valence-corrected chi connectivity index (χ0v) is 13.7. The molecule has 2 aromatic rings. The van der Waals surface area contributed by atoms with E-state index in [2.05, 4.69) is 0 Å². The molecule has 0 radical (unpaired) electrons. The van der Waals surface area contributed by atoms with Crippen molar-refractivity contribution in [2.24, 2.45) is 0 Å². The van der Waals surface area contributed by atoms with E-state index in [0.717, 1.165) is 5.56 Å². The Kier molecular flexibility index (Phi) is 5.29. The van der Waals surface area contributed by atoms with Gasteiger partial charge in [0.15, 0.2) is 12.8 Å². The number of amides is 1. The van der Waals surface area contributed by atoms with Crippen LogP contribution in [-0.4, -0.2) is 36.3 Å². The smallest absolute Gasteiger partial charge is 0.262 e. The van der Waals surface area contributed by atoms with Gasteiger partial charge in [0.2, 0.25) is 0 Å². The lowest BCUT2D eigenvalue weighted by Gasteiger charge is -2.20.